The molecule has 2 saturated heterocycles. The van der Waals surface area contributed by atoms with Crippen LogP contribution in [0.4, 0.5) is 4.39 Å². The molecule has 2 aliphatic heterocycles. The molecule has 0 radical (unpaired) electrons. The number of hydrogen-bond acceptors (Lipinski definition) is 4. The first-order valence-corrected chi connectivity index (χ1v) is 9.65. The van der Waals surface area contributed by atoms with Crippen molar-refractivity contribution in [2.75, 3.05) is 6.54 Å². The zero-order valence-electron chi connectivity index (χ0n) is 15.1. The third kappa shape index (κ3) is 3.16. The number of rotatable bonds is 4. The fraction of sp³-hybridized carbons (Fsp3) is 0.364. The van der Waals surface area contributed by atoms with Crippen LogP contribution in [-0.4, -0.2) is 27.6 Å². The molecule has 138 valence electrons. The smallest absolute Gasteiger partial charge is 0.231 e. The van der Waals surface area contributed by atoms with Gasteiger partial charge in [-0.15, -0.1) is 0 Å². The van der Waals surface area contributed by atoms with Gasteiger partial charge < -0.3 is 4.52 Å². The molecule has 0 N–H and O–H groups in total. The van der Waals surface area contributed by atoms with Gasteiger partial charge in [-0.25, -0.2) is 4.39 Å². The second-order valence-corrected chi connectivity index (χ2v) is 7.57. The van der Waals surface area contributed by atoms with Crippen LogP contribution in [0.2, 0.25) is 0 Å². The third-order valence-corrected chi connectivity index (χ3v) is 5.93. The van der Waals surface area contributed by atoms with Crippen LogP contribution in [-0.2, 0) is 6.42 Å². The molecule has 5 rings (SSSR count). The standard InChI is InChI=1S/C22H22FN3O/c23-17-9-4-6-15(12-17)13-21-24-22(25-27-21)18-14-20(16-7-2-1-3-8-16)26-11-5-10-19(18)26/h1-4,6-9,12,18-20H,5,10-11,13-14H2/t18-,19+,20-/m1/s1. The Morgan fingerprint density at radius 1 is 1.11 bits per heavy atom. The van der Waals surface area contributed by atoms with E-state index in [1.807, 2.05) is 6.07 Å². The van der Waals surface area contributed by atoms with Gasteiger partial charge in [-0.3, -0.25) is 4.90 Å². The van der Waals surface area contributed by atoms with Crippen molar-refractivity contribution >= 4 is 0 Å². The normalized spacial score (nSPS) is 25.0. The first-order chi connectivity index (χ1) is 13.3. The van der Waals surface area contributed by atoms with Gasteiger partial charge in [-0.05, 0) is 49.1 Å². The average molecular weight is 363 g/mol. The van der Waals surface area contributed by atoms with Gasteiger partial charge in [0.05, 0.1) is 6.42 Å². The van der Waals surface area contributed by atoms with E-state index in [2.05, 4.69) is 45.4 Å². The van der Waals surface area contributed by atoms with Crippen LogP contribution in [0.3, 0.4) is 0 Å². The van der Waals surface area contributed by atoms with Crippen molar-refractivity contribution in [2.45, 2.75) is 43.7 Å². The minimum absolute atomic E-state index is 0.240. The average Bonchev–Trinajstić information content (AvgIpc) is 3.39. The van der Waals surface area contributed by atoms with E-state index in [-0.39, 0.29) is 5.82 Å². The predicted molar refractivity (Wildman–Crippen MR) is 99.8 cm³/mol. The summed E-state index contributed by atoms with van der Waals surface area (Å²) < 4.78 is 18.9. The largest absolute Gasteiger partial charge is 0.339 e. The van der Waals surface area contributed by atoms with Gasteiger partial charge in [0.2, 0.25) is 5.89 Å². The molecule has 0 amide bonds. The summed E-state index contributed by atoms with van der Waals surface area (Å²) in [7, 11) is 0. The van der Waals surface area contributed by atoms with Crippen LogP contribution in [0.15, 0.2) is 59.1 Å². The van der Waals surface area contributed by atoms with Gasteiger partial charge in [-0.2, -0.15) is 4.98 Å². The van der Waals surface area contributed by atoms with Crippen LogP contribution < -0.4 is 0 Å². The van der Waals surface area contributed by atoms with E-state index < -0.39 is 0 Å². The number of fused-ring (bicyclic) bond motifs is 1. The quantitative estimate of drug-likeness (QED) is 0.685. The van der Waals surface area contributed by atoms with Gasteiger partial charge in [0, 0.05) is 18.0 Å². The third-order valence-electron chi connectivity index (χ3n) is 5.93. The lowest BCUT2D eigenvalue weighted by Gasteiger charge is -2.24. The Morgan fingerprint density at radius 3 is 2.85 bits per heavy atom. The maximum Gasteiger partial charge on any atom is 0.231 e. The Morgan fingerprint density at radius 2 is 2.00 bits per heavy atom. The van der Waals surface area contributed by atoms with E-state index in [1.54, 1.807) is 6.07 Å². The monoisotopic (exact) mass is 363 g/mol. The van der Waals surface area contributed by atoms with Crippen molar-refractivity contribution in [3.63, 3.8) is 0 Å². The van der Waals surface area contributed by atoms with E-state index in [4.69, 9.17) is 4.52 Å². The summed E-state index contributed by atoms with van der Waals surface area (Å²) in [6.45, 7) is 1.13. The highest BCUT2D eigenvalue weighted by molar-refractivity contribution is 5.25. The summed E-state index contributed by atoms with van der Waals surface area (Å²) in [6.07, 6.45) is 3.89. The van der Waals surface area contributed by atoms with Crippen molar-refractivity contribution < 1.29 is 8.91 Å². The Balaban J connectivity index is 1.38. The van der Waals surface area contributed by atoms with Crippen molar-refractivity contribution in [3.05, 3.63) is 83.3 Å². The molecule has 0 spiro atoms. The molecule has 27 heavy (non-hydrogen) atoms. The first-order valence-electron chi connectivity index (χ1n) is 9.65. The molecule has 4 nitrogen and oxygen atoms in total. The number of halogens is 1. The van der Waals surface area contributed by atoms with Gasteiger partial charge in [-0.1, -0.05) is 47.6 Å². The number of hydrogen-bond donors (Lipinski definition) is 0. The number of aromatic nitrogens is 2. The van der Waals surface area contributed by atoms with Gasteiger partial charge >= 0.3 is 0 Å². The zero-order chi connectivity index (χ0) is 18.2. The number of nitrogens with zero attached hydrogens (tertiary/aromatic N) is 3. The second kappa shape index (κ2) is 6.89. The number of benzene rings is 2. The lowest BCUT2D eigenvalue weighted by atomic mass is 9.94. The Kier molecular flexibility index (Phi) is 4.24. The van der Waals surface area contributed by atoms with E-state index in [1.165, 1.54) is 30.5 Å². The molecule has 0 aliphatic carbocycles. The zero-order valence-corrected chi connectivity index (χ0v) is 15.1. The molecule has 3 aromatic rings. The van der Waals surface area contributed by atoms with Gasteiger partial charge in [0.15, 0.2) is 5.82 Å². The second-order valence-electron chi connectivity index (χ2n) is 7.57. The minimum Gasteiger partial charge on any atom is -0.339 e. The summed E-state index contributed by atoms with van der Waals surface area (Å²) in [5, 5.41) is 4.30. The lowest BCUT2D eigenvalue weighted by Crippen LogP contribution is -2.27. The summed E-state index contributed by atoms with van der Waals surface area (Å²) in [5.41, 5.74) is 2.22. The van der Waals surface area contributed by atoms with Crippen molar-refractivity contribution in [1.29, 1.82) is 0 Å². The summed E-state index contributed by atoms with van der Waals surface area (Å²) in [5.74, 6) is 1.41. The van der Waals surface area contributed by atoms with Gasteiger partial charge in [0.25, 0.3) is 0 Å². The molecule has 2 aromatic carbocycles. The Hall–Kier alpha value is -2.53. The molecule has 2 aliphatic rings. The molecule has 2 fully saturated rings. The molecule has 3 heterocycles. The highest BCUT2D eigenvalue weighted by atomic mass is 19.1. The molecular weight excluding hydrogens is 341 g/mol. The first kappa shape index (κ1) is 16.6. The maximum absolute atomic E-state index is 13.4. The predicted octanol–water partition coefficient (Wildman–Crippen LogP) is 4.49. The Bertz CT molecular complexity index is 926. The molecule has 3 atom stereocenters. The van der Waals surface area contributed by atoms with E-state index in [9.17, 15) is 4.39 Å². The molecule has 0 unspecified atom stereocenters. The molecule has 0 saturated carbocycles. The van der Waals surface area contributed by atoms with E-state index in [0.29, 0.717) is 30.3 Å². The molecule has 0 bridgehead atoms. The van der Waals surface area contributed by atoms with Crippen LogP contribution in [0.25, 0.3) is 0 Å². The highest BCUT2D eigenvalue weighted by Crippen LogP contribution is 2.48. The SMILES string of the molecule is Fc1cccc(Cc2nc([C@@H]3C[C@H](c4ccccc4)N4CCC[C@@H]34)no2)c1. The highest BCUT2D eigenvalue weighted by Gasteiger charge is 2.46. The van der Waals surface area contributed by atoms with Crippen molar-refractivity contribution in [3.8, 4) is 0 Å². The van der Waals surface area contributed by atoms with Crippen molar-refractivity contribution in [1.82, 2.24) is 15.0 Å². The summed E-state index contributed by atoms with van der Waals surface area (Å²) in [4.78, 5) is 7.29. The van der Waals surface area contributed by atoms with Crippen LogP contribution in [0.5, 0.6) is 0 Å². The topological polar surface area (TPSA) is 42.2 Å². The minimum atomic E-state index is -0.240. The lowest BCUT2D eigenvalue weighted by molar-refractivity contribution is 0.243. The van der Waals surface area contributed by atoms with Crippen molar-refractivity contribution in [2.24, 2.45) is 0 Å². The fourth-order valence-electron chi connectivity index (χ4n) is 4.76. The summed E-state index contributed by atoms with van der Waals surface area (Å²) >= 11 is 0. The fourth-order valence-corrected chi connectivity index (χ4v) is 4.76. The van der Waals surface area contributed by atoms with Crippen LogP contribution >= 0.6 is 0 Å². The maximum atomic E-state index is 13.4. The van der Waals surface area contributed by atoms with Crippen LogP contribution in [0.1, 0.15) is 54.1 Å². The molecule has 1 aromatic heterocycles. The van der Waals surface area contributed by atoms with E-state index >= 15 is 0 Å². The summed E-state index contributed by atoms with van der Waals surface area (Å²) in [6, 6.07) is 18.2. The van der Waals surface area contributed by atoms with Crippen LogP contribution in [0, 0.1) is 5.82 Å². The molecule has 5 heteroatoms. The molecular formula is C22H22FN3O. The van der Waals surface area contributed by atoms with E-state index in [0.717, 1.165) is 24.4 Å². The van der Waals surface area contributed by atoms with Gasteiger partial charge in [0.1, 0.15) is 5.82 Å². The Labute approximate surface area is 158 Å².